The van der Waals surface area contributed by atoms with Crippen molar-refractivity contribution in [3.8, 4) is 17.2 Å². The Morgan fingerprint density at radius 3 is 2.41 bits per heavy atom. The third kappa shape index (κ3) is 6.42. The molecule has 0 atom stereocenters. The molecule has 0 heterocycles. The van der Waals surface area contributed by atoms with Crippen LogP contribution >= 0.6 is 15.9 Å². The number of hydrazone groups is 1. The molecule has 0 spiro atoms. The number of nitrogens with one attached hydrogen (secondary N) is 1. The summed E-state index contributed by atoms with van der Waals surface area (Å²) in [5.74, 6) is 0.0578. The van der Waals surface area contributed by atoms with E-state index < -0.39 is 11.9 Å². The number of phenols is 1. The van der Waals surface area contributed by atoms with Gasteiger partial charge in [-0.2, -0.15) is 5.10 Å². The lowest BCUT2D eigenvalue weighted by Gasteiger charge is -2.09. The Morgan fingerprint density at radius 1 is 1.03 bits per heavy atom. The highest BCUT2D eigenvalue weighted by molar-refractivity contribution is 9.10. The highest BCUT2D eigenvalue weighted by atomic mass is 79.9. The molecule has 0 aliphatic rings. The van der Waals surface area contributed by atoms with E-state index in [-0.39, 0.29) is 11.5 Å². The summed E-state index contributed by atoms with van der Waals surface area (Å²) in [7, 11) is 0. The van der Waals surface area contributed by atoms with Gasteiger partial charge in [0.05, 0.1) is 18.4 Å². The minimum absolute atomic E-state index is 0.0637. The number of hydrogen-bond acceptors (Lipinski definition) is 6. The molecule has 3 rings (SSSR count). The van der Waals surface area contributed by atoms with Crippen LogP contribution in [0.15, 0.2) is 76.3 Å². The number of ether oxygens (including phenoxy) is 2. The van der Waals surface area contributed by atoms with Crippen LogP contribution in [0.3, 0.4) is 0 Å². The van der Waals surface area contributed by atoms with E-state index >= 15 is 0 Å². The Hall–Kier alpha value is -3.65. The van der Waals surface area contributed by atoms with Crippen molar-refractivity contribution in [2.75, 3.05) is 6.61 Å². The van der Waals surface area contributed by atoms with Crippen LogP contribution in [-0.2, 0) is 0 Å². The third-order valence-electron chi connectivity index (χ3n) is 4.24. The van der Waals surface area contributed by atoms with Gasteiger partial charge in [-0.05, 0) is 73.2 Å². The fourth-order valence-electron chi connectivity index (χ4n) is 2.62. The highest BCUT2D eigenvalue weighted by Crippen LogP contribution is 2.23. The molecule has 0 saturated carbocycles. The number of hydrogen-bond donors (Lipinski definition) is 2. The van der Waals surface area contributed by atoms with Crippen LogP contribution in [0.1, 0.15) is 39.6 Å². The van der Waals surface area contributed by atoms with Crippen LogP contribution in [0.5, 0.6) is 17.2 Å². The molecular weight excluding hydrogens is 476 g/mol. The second-order valence-electron chi connectivity index (χ2n) is 6.69. The SMILES string of the molecule is CCCOc1ccc(C(=O)Oc2ccc(Br)cc2/C=N\NC(=O)c2ccc(O)cc2)cc1. The number of carbonyl (C=O) groups excluding carboxylic acids is 2. The lowest BCUT2D eigenvalue weighted by atomic mass is 10.2. The Morgan fingerprint density at radius 2 is 1.72 bits per heavy atom. The minimum Gasteiger partial charge on any atom is -0.508 e. The number of carbonyl (C=O) groups is 2. The van der Waals surface area contributed by atoms with E-state index in [0.717, 1.165) is 10.9 Å². The van der Waals surface area contributed by atoms with E-state index in [0.29, 0.717) is 29.0 Å². The summed E-state index contributed by atoms with van der Waals surface area (Å²) in [5.41, 5.74) is 3.60. The van der Waals surface area contributed by atoms with Gasteiger partial charge in [-0.1, -0.05) is 22.9 Å². The van der Waals surface area contributed by atoms with Crippen molar-refractivity contribution in [1.82, 2.24) is 5.43 Å². The molecular formula is C24H21BrN2O5. The fraction of sp³-hybridized carbons (Fsp3) is 0.125. The molecule has 3 aromatic carbocycles. The minimum atomic E-state index is -0.530. The molecule has 3 aromatic rings. The van der Waals surface area contributed by atoms with Gasteiger partial charge in [-0.15, -0.1) is 0 Å². The molecule has 0 aliphatic heterocycles. The van der Waals surface area contributed by atoms with E-state index in [1.165, 1.54) is 30.5 Å². The largest absolute Gasteiger partial charge is 0.508 e. The number of benzene rings is 3. The average molecular weight is 497 g/mol. The quantitative estimate of drug-likeness (QED) is 0.199. The monoisotopic (exact) mass is 496 g/mol. The Kier molecular flexibility index (Phi) is 7.99. The highest BCUT2D eigenvalue weighted by Gasteiger charge is 2.12. The maximum atomic E-state index is 12.6. The van der Waals surface area contributed by atoms with Crippen molar-refractivity contribution in [2.24, 2.45) is 5.10 Å². The van der Waals surface area contributed by atoms with Crippen LogP contribution in [0.25, 0.3) is 0 Å². The first-order valence-electron chi connectivity index (χ1n) is 9.83. The molecule has 0 aromatic heterocycles. The van der Waals surface area contributed by atoms with Gasteiger partial charge in [0.2, 0.25) is 0 Å². The molecule has 1 amide bonds. The summed E-state index contributed by atoms with van der Waals surface area (Å²) in [6.45, 7) is 2.62. The Bertz CT molecular complexity index is 1110. The number of aromatic hydroxyl groups is 1. The van der Waals surface area contributed by atoms with Crippen LogP contribution in [0.4, 0.5) is 0 Å². The number of phenolic OH excluding ortho intramolecular Hbond substituents is 1. The first-order chi connectivity index (χ1) is 15.5. The van der Waals surface area contributed by atoms with Crippen molar-refractivity contribution >= 4 is 34.0 Å². The van der Waals surface area contributed by atoms with Gasteiger partial charge < -0.3 is 14.6 Å². The lowest BCUT2D eigenvalue weighted by molar-refractivity contribution is 0.0734. The predicted octanol–water partition coefficient (Wildman–Crippen LogP) is 4.93. The second kappa shape index (κ2) is 11.1. The van der Waals surface area contributed by atoms with Gasteiger partial charge in [0, 0.05) is 15.6 Å². The van der Waals surface area contributed by atoms with Crippen LogP contribution in [-0.4, -0.2) is 29.8 Å². The van der Waals surface area contributed by atoms with Gasteiger partial charge in [-0.3, -0.25) is 4.79 Å². The van der Waals surface area contributed by atoms with Crippen molar-refractivity contribution < 1.29 is 24.2 Å². The molecule has 0 fully saturated rings. The maximum Gasteiger partial charge on any atom is 0.343 e. The zero-order valence-electron chi connectivity index (χ0n) is 17.2. The van der Waals surface area contributed by atoms with Crippen molar-refractivity contribution in [1.29, 1.82) is 0 Å². The summed E-state index contributed by atoms with van der Waals surface area (Å²) in [5, 5.41) is 13.3. The molecule has 8 heteroatoms. The summed E-state index contributed by atoms with van der Waals surface area (Å²) in [4.78, 5) is 24.7. The van der Waals surface area contributed by atoms with Gasteiger partial charge in [0.25, 0.3) is 5.91 Å². The molecule has 0 aliphatic carbocycles. The molecule has 7 nitrogen and oxygen atoms in total. The van der Waals surface area contributed by atoms with E-state index in [2.05, 4.69) is 26.5 Å². The van der Waals surface area contributed by atoms with Crippen molar-refractivity contribution in [2.45, 2.75) is 13.3 Å². The average Bonchev–Trinajstić information content (AvgIpc) is 2.80. The van der Waals surface area contributed by atoms with Crippen LogP contribution < -0.4 is 14.9 Å². The summed E-state index contributed by atoms with van der Waals surface area (Å²) >= 11 is 3.37. The number of esters is 1. The first-order valence-corrected chi connectivity index (χ1v) is 10.6. The summed E-state index contributed by atoms with van der Waals surface area (Å²) in [6, 6.07) is 17.6. The summed E-state index contributed by atoms with van der Waals surface area (Å²) in [6.07, 6.45) is 2.28. The maximum absolute atomic E-state index is 12.6. The number of nitrogens with zero attached hydrogens (tertiary/aromatic N) is 1. The van der Waals surface area contributed by atoms with Crippen LogP contribution in [0, 0.1) is 0 Å². The van der Waals surface area contributed by atoms with Gasteiger partial charge in [0.1, 0.15) is 17.2 Å². The normalized spacial score (nSPS) is 10.7. The number of amides is 1. The molecule has 32 heavy (non-hydrogen) atoms. The van der Waals surface area contributed by atoms with Crippen molar-refractivity contribution in [3.63, 3.8) is 0 Å². The molecule has 164 valence electrons. The number of halogens is 1. The predicted molar refractivity (Wildman–Crippen MR) is 124 cm³/mol. The van der Waals surface area contributed by atoms with Crippen molar-refractivity contribution in [3.05, 3.63) is 87.9 Å². The molecule has 0 saturated heterocycles. The zero-order chi connectivity index (χ0) is 22.9. The molecule has 0 radical (unpaired) electrons. The number of rotatable bonds is 8. The Labute approximate surface area is 193 Å². The van der Waals surface area contributed by atoms with E-state index in [4.69, 9.17) is 9.47 Å². The standard InChI is InChI=1S/C24H21BrN2O5/c1-2-13-31-21-10-5-17(6-11-21)24(30)32-22-12-7-19(25)14-18(22)15-26-27-23(29)16-3-8-20(28)9-4-16/h3-12,14-15,28H,2,13H2,1H3,(H,27,29)/b26-15-. The van der Waals surface area contributed by atoms with E-state index in [1.54, 1.807) is 42.5 Å². The fourth-order valence-corrected chi connectivity index (χ4v) is 3.00. The first kappa shape index (κ1) is 23.0. The second-order valence-corrected chi connectivity index (χ2v) is 7.61. The molecule has 2 N–H and O–H groups in total. The van der Waals surface area contributed by atoms with Gasteiger partial charge in [-0.25, -0.2) is 10.2 Å². The molecule has 0 bridgehead atoms. The Balaban J connectivity index is 1.69. The topological polar surface area (TPSA) is 97.2 Å². The zero-order valence-corrected chi connectivity index (χ0v) is 18.8. The lowest BCUT2D eigenvalue weighted by Crippen LogP contribution is -2.17. The third-order valence-corrected chi connectivity index (χ3v) is 4.73. The summed E-state index contributed by atoms with van der Waals surface area (Å²) < 4.78 is 11.8. The van der Waals surface area contributed by atoms with Gasteiger partial charge in [0.15, 0.2) is 0 Å². The van der Waals surface area contributed by atoms with E-state index in [1.807, 2.05) is 6.92 Å². The molecule has 0 unspecified atom stereocenters. The van der Waals surface area contributed by atoms with E-state index in [9.17, 15) is 14.7 Å². The van der Waals surface area contributed by atoms with Crippen LogP contribution in [0.2, 0.25) is 0 Å². The van der Waals surface area contributed by atoms with Gasteiger partial charge >= 0.3 is 5.97 Å². The smallest absolute Gasteiger partial charge is 0.343 e.